The zero-order valence-electron chi connectivity index (χ0n) is 15.5. The summed E-state index contributed by atoms with van der Waals surface area (Å²) in [5.41, 5.74) is 2.88. The monoisotopic (exact) mass is 353 g/mol. The van der Waals surface area contributed by atoms with Crippen LogP contribution < -0.4 is 14.8 Å². The molecule has 2 aromatic rings. The molecule has 0 saturated heterocycles. The van der Waals surface area contributed by atoms with Crippen LogP contribution in [0.3, 0.4) is 0 Å². The number of aliphatic hydroxyl groups excluding tert-OH is 1. The Labute approximate surface area is 155 Å². The number of hydrogen-bond donors (Lipinski definition) is 2. The lowest BCUT2D eigenvalue weighted by Gasteiger charge is -2.43. The van der Waals surface area contributed by atoms with Gasteiger partial charge in [-0.3, -0.25) is 0 Å². The first-order chi connectivity index (χ1) is 12.5. The van der Waals surface area contributed by atoms with E-state index in [-0.39, 0.29) is 6.04 Å². The number of hydrogen-bond acceptors (Lipinski definition) is 4. The summed E-state index contributed by atoms with van der Waals surface area (Å²) in [5, 5.41) is 14.5. The molecule has 0 aliphatic carbocycles. The van der Waals surface area contributed by atoms with Gasteiger partial charge < -0.3 is 19.9 Å². The Kier molecular flexibility index (Phi) is 4.63. The number of aliphatic hydroxyl groups is 1. The molecule has 2 aliphatic rings. The summed E-state index contributed by atoms with van der Waals surface area (Å²) in [6.07, 6.45) is 2.36. The van der Waals surface area contributed by atoms with E-state index in [0.717, 1.165) is 49.5 Å². The molecule has 4 rings (SSSR count). The van der Waals surface area contributed by atoms with Gasteiger partial charge in [-0.25, -0.2) is 0 Å². The molecule has 4 nitrogen and oxygen atoms in total. The zero-order valence-corrected chi connectivity index (χ0v) is 15.5. The van der Waals surface area contributed by atoms with Crippen LogP contribution in [0.15, 0.2) is 42.5 Å². The van der Waals surface area contributed by atoms with Gasteiger partial charge in [0.2, 0.25) is 0 Å². The first-order valence-corrected chi connectivity index (χ1v) is 9.48. The van der Waals surface area contributed by atoms with Gasteiger partial charge in [0.15, 0.2) is 0 Å². The maximum atomic E-state index is 10.9. The zero-order chi connectivity index (χ0) is 18.1. The summed E-state index contributed by atoms with van der Waals surface area (Å²) >= 11 is 0. The first kappa shape index (κ1) is 17.4. The molecule has 2 N–H and O–H groups in total. The maximum Gasteiger partial charge on any atom is 0.131 e. The molecule has 0 spiro atoms. The lowest BCUT2D eigenvalue weighted by Crippen LogP contribution is -2.52. The van der Waals surface area contributed by atoms with Gasteiger partial charge in [-0.2, -0.15) is 0 Å². The summed E-state index contributed by atoms with van der Waals surface area (Å²) in [7, 11) is 0. The number of ether oxygens (including phenoxy) is 2. The van der Waals surface area contributed by atoms with Gasteiger partial charge in [0, 0.05) is 11.6 Å². The van der Waals surface area contributed by atoms with E-state index < -0.39 is 11.7 Å². The maximum absolute atomic E-state index is 10.9. The highest BCUT2D eigenvalue weighted by molar-refractivity contribution is 5.50. The number of aryl methyl sites for hydroxylation is 1. The molecule has 0 bridgehead atoms. The fraction of sp³-hybridized carbons (Fsp3) is 0.455. The van der Waals surface area contributed by atoms with Gasteiger partial charge in [-0.15, -0.1) is 0 Å². The Bertz CT molecular complexity index is 772. The van der Waals surface area contributed by atoms with E-state index in [9.17, 15) is 5.11 Å². The second-order valence-electron chi connectivity index (χ2n) is 7.77. The average molecular weight is 353 g/mol. The molecule has 0 radical (unpaired) electrons. The third-order valence-electron chi connectivity index (χ3n) is 5.40. The van der Waals surface area contributed by atoms with Crippen LogP contribution in [-0.4, -0.2) is 30.0 Å². The molecule has 2 atom stereocenters. The van der Waals surface area contributed by atoms with E-state index in [2.05, 4.69) is 35.6 Å². The van der Waals surface area contributed by atoms with E-state index >= 15 is 0 Å². The molecule has 2 aromatic carbocycles. The molecule has 0 aromatic heterocycles. The Morgan fingerprint density at radius 3 is 2.77 bits per heavy atom. The van der Waals surface area contributed by atoms with Crippen molar-refractivity contribution in [2.45, 2.75) is 50.9 Å². The van der Waals surface area contributed by atoms with Crippen molar-refractivity contribution in [3.05, 3.63) is 59.2 Å². The molecule has 0 amide bonds. The number of fused-ring (bicyclic) bond motifs is 2. The lowest BCUT2D eigenvalue weighted by molar-refractivity contribution is -0.0645. The van der Waals surface area contributed by atoms with Gasteiger partial charge in [0.05, 0.1) is 12.6 Å². The van der Waals surface area contributed by atoms with Crippen LogP contribution in [0, 0.1) is 0 Å². The average Bonchev–Trinajstić information content (AvgIpc) is 2.64. The normalized spacial score (nSPS) is 23.3. The highest BCUT2D eigenvalue weighted by Gasteiger charge is 2.43. The Hall–Kier alpha value is -2.04. The third kappa shape index (κ3) is 3.31. The highest BCUT2D eigenvalue weighted by atomic mass is 16.5. The van der Waals surface area contributed by atoms with Crippen molar-refractivity contribution in [1.82, 2.24) is 5.32 Å². The quantitative estimate of drug-likeness (QED) is 0.884. The van der Waals surface area contributed by atoms with Gasteiger partial charge >= 0.3 is 0 Å². The summed E-state index contributed by atoms with van der Waals surface area (Å²) in [6, 6.07) is 14.4. The Morgan fingerprint density at radius 2 is 1.96 bits per heavy atom. The third-order valence-corrected chi connectivity index (χ3v) is 5.40. The fourth-order valence-corrected chi connectivity index (χ4v) is 3.88. The summed E-state index contributed by atoms with van der Waals surface area (Å²) in [5.74, 6) is 1.74. The summed E-state index contributed by atoms with van der Waals surface area (Å²) in [6.45, 7) is 5.44. The number of nitrogens with one attached hydrogen (secondary N) is 1. The largest absolute Gasteiger partial charge is 0.493 e. The molecule has 138 valence electrons. The van der Waals surface area contributed by atoms with Crippen LogP contribution in [0.5, 0.6) is 11.5 Å². The molecule has 0 saturated carbocycles. The van der Waals surface area contributed by atoms with Crippen molar-refractivity contribution in [1.29, 1.82) is 0 Å². The van der Waals surface area contributed by atoms with E-state index in [4.69, 9.17) is 9.47 Å². The van der Waals surface area contributed by atoms with Crippen molar-refractivity contribution >= 4 is 0 Å². The Morgan fingerprint density at radius 1 is 1.15 bits per heavy atom. The van der Waals surface area contributed by atoms with Crippen molar-refractivity contribution in [2.75, 3.05) is 13.2 Å². The van der Waals surface area contributed by atoms with Crippen LogP contribution in [0.2, 0.25) is 0 Å². The van der Waals surface area contributed by atoms with Gasteiger partial charge in [-0.1, -0.05) is 30.3 Å². The van der Waals surface area contributed by atoms with Crippen LogP contribution in [0.1, 0.15) is 43.0 Å². The fourth-order valence-electron chi connectivity index (χ4n) is 3.88. The number of rotatable bonds is 4. The SMILES string of the molecule is CC1(C)Oc2cc3c(cc2C(NCCc2ccccc2)C1O)CCCO3. The summed E-state index contributed by atoms with van der Waals surface area (Å²) < 4.78 is 11.9. The lowest BCUT2D eigenvalue weighted by atomic mass is 9.85. The first-order valence-electron chi connectivity index (χ1n) is 9.48. The van der Waals surface area contributed by atoms with Crippen LogP contribution in [-0.2, 0) is 12.8 Å². The van der Waals surface area contributed by atoms with Crippen molar-refractivity contribution in [3.8, 4) is 11.5 Å². The second-order valence-corrected chi connectivity index (χ2v) is 7.77. The molecule has 2 unspecified atom stereocenters. The van der Waals surface area contributed by atoms with E-state index in [1.807, 2.05) is 26.0 Å². The second kappa shape index (κ2) is 6.93. The molecule has 2 aliphatic heterocycles. The Balaban J connectivity index is 1.58. The van der Waals surface area contributed by atoms with Crippen LogP contribution in [0.4, 0.5) is 0 Å². The predicted molar refractivity (Wildman–Crippen MR) is 102 cm³/mol. The molecule has 26 heavy (non-hydrogen) atoms. The predicted octanol–water partition coefficient (Wildman–Crippen LogP) is 3.42. The van der Waals surface area contributed by atoms with Crippen molar-refractivity contribution < 1.29 is 14.6 Å². The molecular weight excluding hydrogens is 326 g/mol. The minimum atomic E-state index is -0.652. The van der Waals surface area contributed by atoms with Crippen LogP contribution >= 0.6 is 0 Å². The van der Waals surface area contributed by atoms with Gasteiger partial charge in [0.25, 0.3) is 0 Å². The smallest absolute Gasteiger partial charge is 0.131 e. The molecule has 4 heteroatoms. The molecule has 2 heterocycles. The molecular formula is C22H27NO3. The van der Waals surface area contributed by atoms with Crippen molar-refractivity contribution in [2.24, 2.45) is 0 Å². The van der Waals surface area contributed by atoms with Crippen LogP contribution in [0.25, 0.3) is 0 Å². The van der Waals surface area contributed by atoms with Gasteiger partial charge in [0.1, 0.15) is 23.2 Å². The number of benzene rings is 2. The topological polar surface area (TPSA) is 50.7 Å². The minimum Gasteiger partial charge on any atom is -0.493 e. The van der Waals surface area contributed by atoms with E-state index in [1.54, 1.807) is 0 Å². The summed E-state index contributed by atoms with van der Waals surface area (Å²) in [4.78, 5) is 0. The standard InChI is InChI=1S/C22H27NO3/c1-22(2)21(24)20(23-11-10-15-7-4-3-5-8-15)17-13-16-9-6-12-25-18(16)14-19(17)26-22/h3-5,7-8,13-14,20-21,23-24H,6,9-12H2,1-2H3. The van der Waals surface area contributed by atoms with Gasteiger partial charge in [-0.05, 0) is 56.8 Å². The van der Waals surface area contributed by atoms with Crippen molar-refractivity contribution in [3.63, 3.8) is 0 Å². The minimum absolute atomic E-state index is 0.148. The molecule has 0 fully saturated rings. The highest BCUT2D eigenvalue weighted by Crippen LogP contribution is 2.43. The van der Waals surface area contributed by atoms with E-state index in [1.165, 1.54) is 11.1 Å². The van der Waals surface area contributed by atoms with E-state index in [0.29, 0.717) is 0 Å².